The molecule has 0 aliphatic heterocycles. The Morgan fingerprint density at radius 3 is 2.29 bits per heavy atom. The number of aliphatic carboxylic acids is 1. The first-order chi connectivity index (χ1) is 6.52. The van der Waals surface area contributed by atoms with Gasteiger partial charge in [0.1, 0.15) is 5.38 Å². The molecular formula is C9H7Cl3O2. The van der Waals surface area contributed by atoms with Crippen molar-refractivity contribution in [1.29, 1.82) is 0 Å². The molecule has 1 aromatic rings. The van der Waals surface area contributed by atoms with Crippen LogP contribution < -0.4 is 0 Å². The molecule has 1 rings (SSSR count). The van der Waals surface area contributed by atoms with Crippen molar-refractivity contribution in [3.8, 4) is 0 Å². The van der Waals surface area contributed by atoms with Crippen molar-refractivity contribution in [1.82, 2.24) is 0 Å². The Balaban J connectivity index is 2.91. The van der Waals surface area contributed by atoms with Crippen LogP contribution in [0.1, 0.15) is 5.56 Å². The van der Waals surface area contributed by atoms with E-state index in [1.807, 2.05) is 0 Å². The molecular weight excluding hydrogens is 246 g/mol. The third-order valence-electron chi connectivity index (χ3n) is 1.71. The fraction of sp³-hybridized carbons (Fsp3) is 0.222. The molecule has 0 radical (unpaired) electrons. The molecule has 5 heteroatoms. The smallest absolute Gasteiger partial charge is 0.321 e. The summed E-state index contributed by atoms with van der Waals surface area (Å²) in [5.74, 6) is -1.08. The van der Waals surface area contributed by atoms with Gasteiger partial charge < -0.3 is 5.11 Å². The van der Waals surface area contributed by atoms with E-state index in [9.17, 15) is 4.79 Å². The Labute approximate surface area is 96.4 Å². The highest BCUT2D eigenvalue weighted by atomic mass is 35.5. The standard InChI is InChI=1S/C9H7Cl3O2/c10-6-2-1-3-7(11)5(6)4-8(12)9(13)14/h1-3,8H,4H2,(H,13,14). The second-order valence-electron chi connectivity index (χ2n) is 2.71. The molecule has 0 aliphatic carbocycles. The van der Waals surface area contributed by atoms with Gasteiger partial charge in [-0.3, -0.25) is 4.79 Å². The number of halogens is 3. The lowest BCUT2D eigenvalue weighted by molar-refractivity contribution is -0.136. The minimum atomic E-state index is -1.08. The molecule has 0 saturated heterocycles. The van der Waals surface area contributed by atoms with Crippen molar-refractivity contribution in [2.45, 2.75) is 11.8 Å². The van der Waals surface area contributed by atoms with E-state index in [1.54, 1.807) is 18.2 Å². The summed E-state index contributed by atoms with van der Waals surface area (Å²) in [6, 6.07) is 4.99. The van der Waals surface area contributed by atoms with E-state index in [0.29, 0.717) is 15.6 Å². The molecule has 0 bridgehead atoms. The lowest BCUT2D eigenvalue weighted by Crippen LogP contribution is -2.16. The maximum atomic E-state index is 10.5. The lowest BCUT2D eigenvalue weighted by Gasteiger charge is -2.08. The quantitative estimate of drug-likeness (QED) is 0.840. The lowest BCUT2D eigenvalue weighted by atomic mass is 10.1. The van der Waals surface area contributed by atoms with Gasteiger partial charge in [0.25, 0.3) is 0 Å². The maximum absolute atomic E-state index is 10.5. The number of benzene rings is 1. The van der Waals surface area contributed by atoms with Crippen LogP contribution in [0.5, 0.6) is 0 Å². The highest BCUT2D eigenvalue weighted by Crippen LogP contribution is 2.26. The van der Waals surface area contributed by atoms with Gasteiger partial charge in [-0.2, -0.15) is 0 Å². The van der Waals surface area contributed by atoms with Gasteiger partial charge in [-0.15, -0.1) is 11.6 Å². The van der Waals surface area contributed by atoms with E-state index in [-0.39, 0.29) is 6.42 Å². The zero-order valence-electron chi connectivity index (χ0n) is 7.01. The third-order valence-corrected chi connectivity index (χ3v) is 2.76. The van der Waals surface area contributed by atoms with Gasteiger partial charge in [-0.05, 0) is 17.7 Å². The first kappa shape index (κ1) is 11.6. The van der Waals surface area contributed by atoms with Gasteiger partial charge in [0.15, 0.2) is 0 Å². The third kappa shape index (κ3) is 2.77. The molecule has 0 fully saturated rings. The van der Waals surface area contributed by atoms with Gasteiger partial charge in [-0.1, -0.05) is 29.3 Å². The topological polar surface area (TPSA) is 37.3 Å². The van der Waals surface area contributed by atoms with E-state index in [4.69, 9.17) is 39.9 Å². The molecule has 1 N–H and O–H groups in total. The SMILES string of the molecule is O=C(O)C(Cl)Cc1c(Cl)cccc1Cl. The van der Waals surface area contributed by atoms with E-state index in [0.717, 1.165) is 0 Å². The fourth-order valence-electron chi connectivity index (χ4n) is 0.994. The maximum Gasteiger partial charge on any atom is 0.321 e. The van der Waals surface area contributed by atoms with Gasteiger partial charge in [0, 0.05) is 16.5 Å². The van der Waals surface area contributed by atoms with Crippen LogP contribution in [-0.4, -0.2) is 16.5 Å². The number of carboxylic acid groups (broad SMARTS) is 1. The van der Waals surface area contributed by atoms with Crippen molar-refractivity contribution >= 4 is 40.8 Å². The number of carbonyl (C=O) groups is 1. The highest BCUT2D eigenvalue weighted by Gasteiger charge is 2.17. The zero-order valence-corrected chi connectivity index (χ0v) is 9.27. The summed E-state index contributed by atoms with van der Waals surface area (Å²) in [6.07, 6.45) is 0.120. The molecule has 2 nitrogen and oxygen atoms in total. The Morgan fingerprint density at radius 1 is 1.36 bits per heavy atom. The summed E-state index contributed by atoms with van der Waals surface area (Å²) in [5, 5.41) is 8.47. The Morgan fingerprint density at radius 2 is 1.86 bits per heavy atom. The molecule has 0 heterocycles. The summed E-state index contributed by atoms with van der Waals surface area (Å²) < 4.78 is 0. The molecule has 1 unspecified atom stereocenters. The number of hydrogen-bond acceptors (Lipinski definition) is 1. The second kappa shape index (κ2) is 4.87. The van der Waals surface area contributed by atoms with Crippen molar-refractivity contribution in [3.05, 3.63) is 33.8 Å². The average molecular weight is 254 g/mol. The molecule has 1 aromatic carbocycles. The van der Waals surface area contributed by atoms with Crippen LogP contribution in [0, 0.1) is 0 Å². The van der Waals surface area contributed by atoms with Crippen molar-refractivity contribution < 1.29 is 9.90 Å². The largest absolute Gasteiger partial charge is 0.480 e. The predicted molar refractivity (Wildman–Crippen MR) is 57.4 cm³/mol. The first-order valence-corrected chi connectivity index (χ1v) is 5.01. The molecule has 0 amide bonds. The van der Waals surface area contributed by atoms with Gasteiger partial charge in [0.2, 0.25) is 0 Å². The number of rotatable bonds is 3. The second-order valence-corrected chi connectivity index (χ2v) is 4.05. The van der Waals surface area contributed by atoms with Crippen LogP contribution in [0.3, 0.4) is 0 Å². The Bertz CT molecular complexity index is 332. The van der Waals surface area contributed by atoms with E-state index in [1.165, 1.54) is 0 Å². The minimum Gasteiger partial charge on any atom is -0.480 e. The molecule has 0 aromatic heterocycles. The van der Waals surface area contributed by atoms with Gasteiger partial charge >= 0.3 is 5.97 Å². The monoisotopic (exact) mass is 252 g/mol. The summed E-state index contributed by atoms with van der Waals surface area (Å²) in [7, 11) is 0. The summed E-state index contributed by atoms with van der Waals surface area (Å²) in [6.45, 7) is 0. The van der Waals surface area contributed by atoms with Crippen LogP contribution in [0.15, 0.2) is 18.2 Å². The normalized spacial score (nSPS) is 12.5. The van der Waals surface area contributed by atoms with Crippen molar-refractivity contribution in [2.24, 2.45) is 0 Å². The zero-order chi connectivity index (χ0) is 10.7. The Kier molecular flexibility index (Phi) is 4.05. The Hall–Kier alpha value is -0.440. The van der Waals surface area contributed by atoms with E-state index < -0.39 is 11.3 Å². The summed E-state index contributed by atoms with van der Waals surface area (Å²) in [4.78, 5) is 10.5. The number of carboxylic acids is 1. The van der Waals surface area contributed by atoms with Crippen molar-refractivity contribution in [2.75, 3.05) is 0 Å². The molecule has 14 heavy (non-hydrogen) atoms. The first-order valence-electron chi connectivity index (χ1n) is 3.82. The summed E-state index contributed by atoms with van der Waals surface area (Å²) in [5.41, 5.74) is 0.568. The minimum absolute atomic E-state index is 0.120. The molecule has 1 atom stereocenters. The molecule has 0 saturated carbocycles. The molecule has 0 aliphatic rings. The van der Waals surface area contributed by atoms with Crippen LogP contribution in [0.25, 0.3) is 0 Å². The van der Waals surface area contributed by atoms with Crippen LogP contribution in [0.2, 0.25) is 10.0 Å². The van der Waals surface area contributed by atoms with Crippen LogP contribution in [-0.2, 0) is 11.2 Å². The van der Waals surface area contributed by atoms with Crippen LogP contribution >= 0.6 is 34.8 Å². The number of hydrogen-bond donors (Lipinski definition) is 1. The highest BCUT2D eigenvalue weighted by molar-refractivity contribution is 6.36. The van der Waals surface area contributed by atoms with Gasteiger partial charge in [-0.25, -0.2) is 0 Å². The van der Waals surface area contributed by atoms with Gasteiger partial charge in [0.05, 0.1) is 0 Å². The molecule has 0 spiro atoms. The van der Waals surface area contributed by atoms with E-state index in [2.05, 4.69) is 0 Å². The fourth-order valence-corrected chi connectivity index (χ4v) is 1.70. The van der Waals surface area contributed by atoms with Crippen LogP contribution in [0.4, 0.5) is 0 Å². The van der Waals surface area contributed by atoms with E-state index >= 15 is 0 Å². The van der Waals surface area contributed by atoms with Crippen molar-refractivity contribution in [3.63, 3.8) is 0 Å². The summed E-state index contributed by atoms with van der Waals surface area (Å²) >= 11 is 17.3. The predicted octanol–water partition coefficient (Wildman–Crippen LogP) is 3.23. The number of alkyl halides is 1. The molecule has 76 valence electrons. The average Bonchev–Trinajstić information content (AvgIpc) is 2.11.